The summed E-state index contributed by atoms with van der Waals surface area (Å²) in [5, 5.41) is 0. The summed E-state index contributed by atoms with van der Waals surface area (Å²) in [5.41, 5.74) is 0. The normalized spacial score (nSPS) is 28.1. The summed E-state index contributed by atoms with van der Waals surface area (Å²) in [5.74, 6) is 3.73. The van der Waals surface area contributed by atoms with Crippen molar-refractivity contribution < 1.29 is 0 Å². The van der Waals surface area contributed by atoms with E-state index in [0.29, 0.717) is 0 Å². The molecular weight excluding hydrogens is 230 g/mol. The Morgan fingerprint density at radius 3 is 1.89 bits per heavy atom. The largest absolute Gasteiger partial charge is 0.306 e. The predicted octanol–water partition coefficient (Wildman–Crippen LogP) is 5.45. The molecule has 3 unspecified atom stereocenters. The third-order valence-corrected chi connectivity index (χ3v) is 4.54. The number of hydrogen-bond donors (Lipinski definition) is 0. The average Bonchev–Trinajstić information content (AvgIpc) is 2.38. The summed E-state index contributed by atoms with van der Waals surface area (Å²) in [6.07, 6.45) is 6.99. The Kier molecular flexibility index (Phi) is 10.7. The van der Waals surface area contributed by atoms with Gasteiger partial charge < -0.3 is 4.90 Å². The van der Waals surface area contributed by atoms with Gasteiger partial charge in [-0.05, 0) is 43.6 Å². The molecule has 0 aromatic carbocycles. The molecule has 3 atom stereocenters. The van der Waals surface area contributed by atoms with Crippen molar-refractivity contribution in [3.63, 3.8) is 0 Å². The zero-order valence-electron chi connectivity index (χ0n) is 14.7. The lowest BCUT2D eigenvalue weighted by atomic mass is 9.69. The standard InChI is InChI=1S/C16H33N.C2H6/c1-6-8-10-15-12-17(5)11-14(9-7-2)16(15)13(3)4;1-2/h13-16H,6-12H2,1-5H3;1-2H3. The maximum absolute atomic E-state index is 2.58. The first-order chi connectivity index (χ1) is 9.10. The summed E-state index contributed by atoms with van der Waals surface area (Å²) in [6, 6.07) is 0. The third-order valence-electron chi connectivity index (χ3n) is 4.54. The summed E-state index contributed by atoms with van der Waals surface area (Å²) < 4.78 is 0. The van der Waals surface area contributed by atoms with Crippen molar-refractivity contribution >= 4 is 0 Å². The van der Waals surface area contributed by atoms with Crippen molar-refractivity contribution in [2.45, 2.75) is 73.6 Å². The van der Waals surface area contributed by atoms with E-state index in [1.807, 2.05) is 13.8 Å². The van der Waals surface area contributed by atoms with Crippen molar-refractivity contribution in [3.05, 3.63) is 0 Å². The van der Waals surface area contributed by atoms with E-state index in [1.54, 1.807) is 0 Å². The molecule has 0 saturated carbocycles. The molecule has 1 heteroatoms. The minimum atomic E-state index is 0.863. The number of likely N-dealkylation sites (tertiary alicyclic amines) is 1. The Balaban J connectivity index is 0.00000154. The van der Waals surface area contributed by atoms with Crippen LogP contribution in [0.5, 0.6) is 0 Å². The van der Waals surface area contributed by atoms with E-state index in [1.165, 1.54) is 45.2 Å². The molecule has 0 radical (unpaired) electrons. The molecule has 1 aliphatic heterocycles. The fourth-order valence-corrected chi connectivity index (χ4v) is 4.00. The molecule has 1 fully saturated rings. The van der Waals surface area contributed by atoms with E-state index in [9.17, 15) is 0 Å². The van der Waals surface area contributed by atoms with Gasteiger partial charge in [0.25, 0.3) is 0 Å². The first-order valence-corrected chi connectivity index (χ1v) is 8.78. The van der Waals surface area contributed by atoms with Crippen LogP contribution in [0.1, 0.15) is 73.6 Å². The van der Waals surface area contributed by atoms with Crippen LogP contribution in [-0.4, -0.2) is 25.0 Å². The van der Waals surface area contributed by atoms with Gasteiger partial charge in [-0.1, -0.05) is 60.8 Å². The van der Waals surface area contributed by atoms with E-state index in [-0.39, 0.29) is 0 Å². The van der Waals surface area contributed by atoms with Gasteiger partial charge in [0.05, 0.1) is 0 Å². The van der Waals surface area contributed by atoms with Gasteiger partial charge >= 0.3 is 0 Å². The van der Waals surface area contributed by atoms with Crippen LogP contribution in [-0.2, 0) is 0 Å². The second-order valence-electron chi connectivity index (χ2n) is 6.49. The first kappa shape index (κ1) is 19.0. The first-order valence-electron chi connectivity index (χ1n) is 8.78. The van der Waals surface area contributed by atoms with Gasteiger partial charge in [-0.2, -0.15) is 0 Å². The van der Waals surface area contributed by atoms with E-state index in [0.717, 1.165) is 23.7 Å². The van der Waals surface area contributed by atoms with Crippen LogP contribution >= 0.6 is 0 Å². The van der Waals surface area contributed by atoms with Crippen LogP contribution in [0.25, 0.3) is 0 Å². The lowest BCUT2D eigenvalue weighted by molar-refractivity contribution is 0.0380. The van der Waals surface area contributed by atoms with E-state index in [2.05, 4.69) is 39.6 Å². The van der Waals surface area contributed by atoms with Crippen LogP contribution in [0.4, 0.5) is 0 Å². The van der Waals surface area contributed by atoms with E-state index >= 15 is 0 Å². The molecule has 1 aliphatic rings. The molecule has 1 saturated heterocycles. The number of piperidine rings is 1. The minimum absolute atomic E-state index is 0.863. The highest BCUT2D eigenvalue weighted by atomic mass is 15.1. The van der Waals surface area contributed by atoms with Crippen molar-refractivity contribution in [2.24, 2.45) is 23.7 Å². The highest BCUT2D eigenvalue weighted by Crippen LogP contribution is 2.38. The summed E-state index contributed by atoms with van der Waals surface area (Å²) in [7, 11) is 2.32. The van der Waals surface area contributed by atoms with Gasteiger partial charge in [0.2, 0.25) is 0 Å². The van der Waals surface area contributed by atoms with Crippen LogP contribution in [0, 0.1) is 23.7 Å². The molecule has 0 N–H and O–H groups in total. The molecule has 1 heterocycles. The number of hydrogen-bond acceptors (Lipinski definition) is 1. The summed E-state index contributed by atoms with van der Waals surface area (Å²) in [4.78, 5) is 2.58. The molecule has 0 aromatic rings. The minimum Gasteiger partial charge on any atom is -0.306 e. The molecular formula is C18H39N. The van der Waals surface area contributed by atoms with Gasteiger partial charge in [0, 0.05) is 13.1 Å². The molecule has 116 valence electrons. The Hall–Kier alpha value is -0.0400. The van der Waals surface area contributed by atoms with Crippen molar-refractivity contribution in [3.8, 4) is 0 Å². The molecule has 19 heavy (non-hydrogen) atoms. The number of rotatable bonds is 6. The van der Waals surface area contributed by atoms with Crippen molar-refractivity contribution in [2.75, 3.05) is 20.1 Å². The summed E-state index contributed by atoms with van der Waals surface area (Å²) >= 11 is 0. The fraction of sp³-hybridized carbons (Fsp3) is 1.00. The van der Waals surface area contributed by atoms with Gasteiger partial charge in [-0.3, -0.25) is 0 Å². The molecule has 0 spiro atoms. The Morgan fingerprint density at radius 1 is 0.947 bits per heavy atom. The Morgan fingerprint density at radius 2 is 1.47 bits per heavy atom. The second-order valence-corrected chi connectivity index (χ2v) is 6.49. The zero-order valence-corrected chi connectivity index (χ0v) is 14.7. The Bertz CT molecular complexity index is 200. The Labute approximate surface area is 123 Å². The molecule has 1 nitrogen and oxygen atoms in total. The average molecular weight is 270 g/mol. The van der Waals surface area contributed by atoms with Crippen LogP contribution in [0.15, 0.2) is 0 Å². The lowest BCUT2D eigenvalue weighted by Gasteiger charge is -2.45. The maximum Gasteiger partial charge on any atom is 0.000958 e. The van der Waals surface area contributed by atoms with Crippen LogP contribution in [0.3, 0.4) is 0 Å². The smallest absolute Gasteiger partial charge is 0.000958 e. The van der Waals surface area contributed by atoms with Gasteiger partial charge in [-0.25, -0.2) is 0 Å². The van der Waals surface area contributed by atoms with Crippen LogP contribution in [0.2, 0.25) is 0 Å². The third kappa shape index (κ3) is 6.29. The van der Waals surface area contributed by atoms with E-state index < -0.39 is 0 Å². The van der Waals surface area contributed by atoms with Crippen molar-refractivity contribution in [1.82, 2.24) is 4.90 Å². The van der Waals surface area contributed by atoms with Crippen LogP contribution < -0.4 is 0 Å². The zero-order chi connectivity index (χ0) is 14.8. The van der Waals surface area contributed by atoms with Gasteiger partial charge in [0.15, 0.2) is 0 Å². The molecule has 1 rings (SSSR count). The SMILES string of the molecule is CC.CCCCC1CN(C)CC(CCC)C1C(C)C. The van der Waals surface area contributed by atoms with Crippen molar-refractivity contribution in [1.29, 1.82) is 0 Å². The lowest BCUT2D eigenvalue weighted by Crippen LogP contribution is -2.46. The highest BCUT2D eigenvalue weighted by Gasteiger charge is 2.36. The molecule has 0 aromatic heterocycles. The monoisotopic (exact) mass is 269 g/mol. The quantitative estimate of drug-likeness (QED) is 0.619. The number of nitrogens with zero attached hydrogens (tertiary/aromatic N) is 1. The summed E-state index contributed by atoms with van der Waals surface area (Å²) in [6.45, 7) is 16.2. The molecule has 0 aliphatic carbocycles. The van der Waals surface area contributed by atoms with Gasteiger partial charge in [0.1, 0.15) is 0 Å². The maximum atomic E-state index is 2.58. The predicted molar refractivity (Wildman–Crippen MR) is 88.6 cm³/mol. The molecule has 0 bridgehead atoms. The fourth-order valence-electron chi connectivity index (χ4n) is 4.00. The van der Waals surface area contributed by atoms with Gasteiger partial charge in [-0.15, -0.1) is 0 Å². The van der Waals surface area contributed by atoms with E-state index in [4.69, 9.17) is 0 Å². The second kappa shape index (κ2) is 10.7. The topological polar surface area (TPSA) is 3.24 Å². The molecule has 0 amide bonds. The number of unbranched alkanes of at least 4 members (excludes halogenated alkanes) is 1. The highest BCUT2D eigenvalue weighted by molar-refractivity contribution is 4.87.